The zero-order valence-corrected chi connectivity index (χ0v) is 8.48. The molecule has 0 bridgehead atoms. The Hall–Kier alpha value is -0.730. The summed E-state index contributed by atoms with van der Waals surface area (Å²) in [5.74, 6) is 0.678. The van der Waals surface area contributed by atoms with E-state index in [1.165, 1.54) is 6.42 Å². The van der Waals surface area contributed by atoms with Gasteiger partial charge in [0.05, 0.1) is 0 Å². The molecule has 0 radical (unpaired) electrons. The first-order chi connectivity index (χ1) is 5.60. The summed E-state index contributed by atoms with van der Waals surface area (Å²) in [5.41, 5.74) is 0. The number of hydrogen-bond donors (Lipinski definition) is 2. The van der Waals surface area contributed by atoms with E-state index in [1.54, 1.807) is 7.05 Å². The van der Waals surface area contributed by atoms with Crippen LogP contribution in [-0.2, 0) is 0 Å². The Balaban J connectivity index is 3.58. The maximum absolute atomic E-state index is 10.9. The van der Waals surface area contributed by atoms with Crippen LogP contribution in [0.4, 0.5) is 4.79 Å². The molecule has 3 nitrogen and oxygen atoms in total. The van der Waals surface area contributed by atoms with Crippen molar-refractivity contribution in [2.45, 2.75) is 39.7 Å². The van der Waals surface area contributed by atoms with Crippen LogP contribution in [-0.4, -0.2) is 19.1 Å². The van der Waals surface area contributed by atoms with Gasteiger partial charge in [-0.3, -0.25) is 0 Å². The predicted molar refractivity (Wildman–Crippen MR) is 51.1 cm³/mol. The molecule has 0 aliphatic rings. The molecule has 2 N–H and O–H groups in total. The Bertz CT molecular complexity index is 136. The maximum atomic E-state index is 10.9. The van der Waals surface area contributed by atoms with Crippen molar-refractivity contribution >= 4 is 6.03 Å². The zero-order valence-electron chi connectivity index (χ0n) is 8.48. The molecule has 0 rings (SSSR count). The van der Waals surface area contributed by atoms with Crippen LogP contribution in [0.2, 0.25) is 0 Å². The van der Waals surface area contributed by atoms with Gasteiger partial charge in [0.15, 0.2) is 0 Å². The van der Waals surface area contributed by atoms with Crippen LogP contribution in [0.15, 0.2) is 0 Å². The first-order valence-electron chi connectivity index (χ1n) is 4.58. The first-order valence-corrected chi connectivity index (χ1v) is 4.58. The fourth-order valence-electron chi connectivity index (χ4n) is 1.13. The second-order valence-electron chi connectivity index (χ2n) is 3.37. The highest BCUT2D eigenvalue weighted by molar-refractivity contribution is 5.73. The summed E-state index contributed by atoms with van der Waals surface area (Å²) in [7, 11) is 1.63. The van der Waals surface area contributed by atoms with E-state index >= 15 is 0 Å². The van der Waals surface area contributed by atoms with Crippen molar-refractivity contribution in [2.75, 3.05) is 7.05 Å². The van der Waals surface area contributed by atoms with Crippen LogP contribution >= 0.6 is 0 Å². The minimum absolute atomic E-state index is 0.0918. The van der Waals surface area contributed by atoms with E-state index in [-0.39, 0.29) is 12.1 Å². The van der Waals surface area contributed by atoms with E-state index in [0.717, 1.165) is 6.42 Å². The first kappa shape index (κ1) is 11.3. The van der Waals surface area contributed by atoms with Gasteiger partial charge in [-0.05, 0) is 19.3 Å². The molecule has 0 fully saturated rings. The summed E-state index contributed by atoms with van der Waals surface area (Å²) < 4.78 is 0. The highest BCUT2D eigenvalue weighted by Crippen LogP contribution is 2.08. The number of urea groups is 1. The highest BCUT2D eigenvalue weighted by Gasteiger charge is 2.08. The van der Waals surface area contributed by atoms with Crippen molar-refractivity contribution in [1.82, 2.24) is 10.6 Å². The average molecular weight is 172 g/mol. The van der Waals surface area contributed by atoms with Crippen molar-refractivity contribution < 1.29 is 4.79 Å². The number of amides is 2. The maximum Gasteiger partial charge on any atom is 0.314 e. The molecule has 0 aliphatic carbocycles. The third-order valence-electron chi connectivity index (χ3n) is 2.06. The van der Waals surface area contributed by atoms with Gasteiger partial charge in [0.25, 0.3) is 0 Å². The van der Waals surface area contributed by atoms with E-state index in [9.17, 15) is 4.79 Å². The summed E-state index contributed by atoms with van der Waals surface area (Å²) in [4.78, 5) is 10.9. The Morgan fingerprint density at radius 3 is 2.42 bits per heavy atom. The molecule has 72 valence electrons. The molecular formula is C9H20N2O. The standard InChI is InChI=1S/C9H20N2O/c1-5-7(2)6-8(3)11-9(12)10-4/h7-8H,5-6H2,1-4H3,(H2,10,11,12). The van der Waals surface area contributed by atoms with Crippen LogP contribution < -0.4 is 10.6 Å². The minimum atomic E-state index is -0.0918. The number of carbonyl (C=O) groups is 1. The Labute approximate surface area is 74.9 Å². The van der Waals surface area contributed by atoms with E-state index in [0.29, 0.717) is 5.92 Å². The number of rotatable bonds is 4. The molecule has 2 atom stereocenters. The fourth-order valence-corrected chi connectivity index (χ4v) is 1.13. The molecule has 12 heavy (non-hydrogen) atoms. The van der Waals surface area contributed by atoms with E-state index in [1.807, 2.05) is 6.92 Å². The lowest BCUT2D eigenvalue weighted by molar-refractivity contribution is 0.237. The lowest BCUT2D eigenvalue weighted by Gasteiger charge is -2.16. The third kappa shape index (κ3) is 4.99. The van der Waals surface area contributed by atoms with Crippen LogP contribution in [0.1, 0.15) is 33.6 Å². The van der Waals surface area contributed by atoms with Crippen molar-refractivity contribution in [3.05, 3.63) is 0 Å². The van der Waals surface area contributed by atoms with Gasteiger partial charge in [-0.2, -0.15) is 0 Å². The number of carbonyl (C=O) groups excluding carboxylic acids is 1. The van der Waals surface area contributed by atoms with Crippen LogP contribution in [0.25, 0.3) is 0 Å². The van der Waals surface area contributed by atoms with E-state index < -0.39 is 0 Å². The molecular weight excluding hydrogens is 152 g/mol. The topological polar surface area (TPSA) is 41.1 Å². The molecule has 0 aliphatic heterocycles. The van der Waals surface area contributed by atoms with Gasteiger partial charge in [0, 0.05) is 13.1 Å². The van der Waals surface area contributed by atoms with Gasteiger partial charge >= 0.3 is 6.03 Å². The Kier molecular flexibility index (Phi) is 5.51. The van der Waals surface area contributed by atoms with E-state index in [2.05, 4.69) is 24.5 Å². The molecule has 2 amide bonds. The molecule has 0 spiro atoms. The summed E-state index contributed by atoms with van der Waals surface area (Å²) in [6.07, 6.45) is 2.21. The summed E-state index contributed by atoms with van der Waals surface area (Å²) in [6, 6.07) is 0.172. The lowest BCUT2D eigenvalue weighted by atomic mass is 10.0. The van der Waals surface area contributed by atoms with Gasteiger partial charge in [0.1, 0.15) is 0 Å². The van der Waals surface area contributed by atoms with E-state index in [4.69, 9.17) is 0 Å². The number of hydrogen-bond acceptors (Lipinski definition) is 1. The Morgan fingerprint density at radius 2 is 2.00 bits per heavy atom. The quantitative estimate of drug-likeness (QED) is 0.666. The van der Waals surface area contributed by atoms with Crippen molar-refractivity contribution in [2.24, 2.45) is 5.92 Å². The van der Waals surface area contributed by atoms with Crippen molar-refractivity contribution in [3.8, 4) is 0 Å². The molecule has 3 heteroatoms. The average Bonchev–Trinajstić information content (AvgIpc) is 2.03. The normalized spacial score (nSPS) is 15.0. The molecule has 2 unspecified atom stereocenters. The largest absolute Gasteiger partial charge is 0.341 e. The second-order valence-corrected chi connectivity index (χ2v) is 3.37. The summed E-state index contributed by atoms with van der Waals surface area (Å²) in [5, 5.41) is 5.38. The zero-order chi connectivity index (χ0) is 9.56. The van der Waals surface area contributed by atoms with Gasteiger partial charge in [-0.25, -0.2) is 4.79 Å². The highest BCUT2D eigenvalue weighted by atomic mass is 16.2. The molecule has 0 heterocycles. The summed E-state index contributed by atoms with van der Waals surface area (Å²) >= 11 is 0. The molecule has 0 saturated heterocycles. The third-order valence-corrected chi connectivity index (χ3v) is 2.06. The Morgan fingerprint density at radius 1 is 1.42 bits per heavy atom. The van der Waals surface area contributed by atoms with Gasteiger partial charge in [-0.1, -0.05) is 20.3 Å². The monoisotopic (exact) mass is 172 g/mol. The van der Waals surface area contributed by atoms with Crippen molar-refractivity contribution in [3.63, 3.8) is 0 Å². The van der Waals surface area contributed by atoms with Gasteiger partial charge in [0.2, 0.25) is 0 Å². The summed E-state index contributed by atoms with van der Waals surface area (Å²) in [6.45, 7) is 6.39. The lowest BCUT2D eigenvalue weighted by Crippen LogP contribution is -2.39. The second kappa shape index (κ2) is 5.86. The molecule has 0 aromatic heterocycles. The van der Waals surface area contributed by atoms with Crippen LogP contribution in [0, 0.1) is 5.92 Å². The predicted octanol–water partition coefficient (Wildman–Crippen LogP) is 1.74. The van der Waals surface area contributed by atoms with Crippen molar-refractivity contribution in [1.29, 1.82) is 0 Å². The molecule has 0 aromatic rings. The fraction of sp³-hybridized carbons (Fsp3) is 0.889. The van der Waals surface area contributed by atoms with Crippen LogP contribution in [0.3, 0.4) is 0 Å². The smallest absolute Gasteiger partial charge is 0.314 e. The van der Waals surface area contributed by atoms with Gasteiger partial charge in [-0.15, -0.1) is 0 Å². The SMILES string of the molecule is CCC(C)CC(C)NC(=O)NC. The van der Waals surface area contributed by atoms with Gasteiger partial charge < -0.3 is 10.6 Å². The minimum Gasteiger partial charge on any atom is -0.341 e. The molecule has 0 aromatic carbocycles. The number of nitrogens with one attached hydrogen (secondary N) is 2. The molecule has 0 saturated carbocycles. The van der Waals surface area contributed by atoms with Crippen LogP contribution in [0.5, 0.6) is 0 Å².